The monoisotopic (exact) mass is 212 g/mol. The molecule has 0 aliphatic heterocycles. The molecule has 0 fully saturated rings. The lowest BCUT2D eigenvalue weighted by Crippen LogP contribution is -2.04. The van der Waals surface area contributed by atoms with Crippen molar-refractivity contribution in [2.45, 2.75) is 13.8 Å². The molecule has 0 aliphatic rings. The van der Waals surface area contributed by atoms with Crippen molar-refractivity contribution in [1.82, 2.24) is 0 Å². The van der Waals surface area contributed by atoms with Crippen LogP contribution in [0, 0.1) is 13.8 Å². The molecule has 14 heavy (non-hydrogen) atoms. The van der Waals surface area contributed by atoms with Crippen LogP contribution in [0.1, 0.15) is 11.1 Å². The molecular weight excluding hydrogens is 200 g/mol. The van der Waals surface area contributed by atoms with Crippen LogP contribution in [0.4, 0.5) is 0 Å². The van der Waals surface area contributed by atoms with Crippen molar-refractivity contribution in [3.05, 3.63) is 41.3 Å². The van der Waals surface area contributed by atoms with Crippen molar-refractivity contribution in [2.24, 2.45) is 0 Å². The standard InChI is InChI=1S/C10H12O3S/c1-4-14(11,12)13-10-6-8(2)5-9(3)7-10/h4-7H,1H2,2-3H3. The first kappa shape index (κ1) is 10.8. The lowest BCUT2D eigenvalue weighted by molar-refractivity contribution is 0.496. The van der Waals surface area contributed by atoms with E-state index in [-0.39, 0.29) is 0 Å². The van der Waals surface area contributed by atoms with Gasteiger partial charge in [0.15, 0.2) is 0 Å². The minimum Gasteiger partial charge on any atom is -0.379 e. The SMILES string of the molecule is C=CS(=O)(=O)Oc1cc(C)cc(C)c1. The molecule has 4 heteroatoms. The molecule has 0 saturated heterocycles. The maximum atomic E-state index is 11.1. The number of rotatable bonds is 3. The van der Waals surface area contributed by atoms with Crippen molar-refractivity contribution in [1.29, 1.82) is 0 Å². The van der Waals surface area contributed by atoms with Crippen LogP contribution < -0.4 is 4.18 Å². The van der Waals surface area contributed by atoms with Gasteiger partial charge in [-0.15, -0.1) is 0 Å². The largest absolute Gasteiger partial charge is 0.379 e. The number of hydrogen-bond donors (Lipinski definition) is 0. The van der Waals surface area contributed by atoms with Crippen LogP contribution in [-0.2, 0) is 10.1 Å². The third-order valence-corrected chi connectivity index (χ3v) is 2.44. The summed E-state index contributed by atoms with van der Waals surface area (Å²) in [5, 5.41) is 0.782. The Morgan fingerprint density at radius 1 is 1.21 bits per heavy atom. The highest BCUT2D eigenvalue weighted by Crippen LogP contribution is 2.18. The highest BCUT2D eigenvalue weighted by Gasteiger charge is 2.07. The van der Waals surface area contributed by atoms with Gasteiger partial charge in [0.05, 0.1) is 5.41 Å². The van der Waals surface area contributed by atoms with E-state index in [1.807, 2.05) is 19.9 Å². The van der Waals surface area contributed by atoms with E-state index < -0.39 is 10.1 Å². The zero-order valence-corrected chi connectivity index (χ0v) is 8.97. The van der Waals surface area contributed by atoms with Crippen LogP contribution in [0.2, 0.25) is 0 Å². The molecule has 76 valence electrons. The van der Waals surface area contributed by atoms with Crippen molar-refractivity contribution < 1.29 is 12.6 Å². The Morgan fingerprint density at radius 2 is 1.71 bits per heavy atom. The lowest BCUT2D eigenvalue weighted by atomic mass is 10.1. The zero-order chi connectivity index (χ0) is 10.8. The van der Waals surface area contributed by atoms with Gasteiger partial charge in [0.25, 0.3) is 0 Å². The number of benzene rings is 1. The van der Waals surface area contributed by atoms with Gasteiger partial charge in [-0.05, 0) is 37.1 Å². The summed E-state index contributed by atoms with van der Waals surface area (Å²) >= 11 is 0. The van der Waals surface area contributed by atoms with Gasteiger partial charge in [0, 0.05) is 0 Å². The van der Waals surface area contributed by atoms with Crippen LogP contribution in [-0.4, -0.2) is 8.42 Å². The van der Waals surface area contributed by atoms with Crippen molar-refractivity contribution in [3.63, 3.8) is 0 Å². The molecule has 0 aromatic heterocycles. The van der Waals surface area contributed by atoms with Gasteiger partial charge in [-0.1, -0.05) is 12.6 Å². The first-order chi connectivity index (χ1) is 6.43. The maximum absolute atomic E-state index is 11.1. The summed E-state index contributed by atoms with van der Waals surface area (Å²) in [6.45, 7) is 6.91. The zero-order valence-electron chi connectivity index (χ0n) is 8.15. The van der Waals surface area contributed by atoms with Gasteiger partial charge in [-0.3, -0.25) is 0 Å². The predicted molar refractivity (Wildman–Crippen MR) is 55.7 cm³/mol. The predicted octanol–water partition coefficient (Wildman–Crippen LogP) is 2.16. The fourth-order valence-corrected chi connectivity index (χ4v) is 1.58. The third kappa shape index (κ3) is 2.88. The average molecular weight is 212 g/mol. The molecule has 1 aromatic carbocycles. The van der Waals surface area contributed by atoms with Gasteiger partial charge >= 0.3 is 10.1 Å². The normalized spacial score (nSPS) is 11.0. The molecule has 0 radical (unpaired) electrons. The van der Waals surface area contributed by atoms with Gasteiger partial charge in [0.2, 0.25) is 0 Å². The van der Waals surface area contributed by atoms with Crippen LogP contribution in [0.3, 0.4) is 0 Å². The molecule has 0 unspecified atom stereocenters. The molecule has 1 rings (SSSR count). The smallest absolute Gasteiger partial charge is 0.331 e. The molecule has 0 bridgehead atoms. The fraction of sp³-hybridized carbons (Fsp3) is 0.200. The quantitative estimate of drug-likeness (QED) is 0.721. The van der Waals surface area contributed by atoms with Crippen LogP contribution in [0.15, 0.2) is 30.2 Å². The van der Waals surface area contributed by atoms with E-state index in [0.717, 1.165) is 16.5 Å². The van der Waals surface area contributed by atoms with Gasteiger partial charge < -0.3 is 4.18 Å². The van der Waals surface area contributed by atoms with Crippen molar-refractivity contribution in [2.75, 3.05) is 0 Å². The Bertz CT molecular complexity index is 426. The van der Waals surface area contributed by atoms with E-state index in [1.165, 1.54) is 0 Å². The minimum absolute atomic E-state index is 0.322. The summed E-state index contributed by atoms with van der Waals surface area (Å²) < 4.78 is 26.9. The second kappa shape index (κ2) is 3.84. The Kier molecular flexibility index (Phi) is 2.96. The summed E-state index contributed by atoms with van der Waals surface area (Å²) in [6, 6.07) is 5.26. The molecule has 0 atom stereocenters. The highest BCUT2D eigenvalue weighted by molar-refractivity contribution is 7.90. The molecule has 3 nitrogen and oxygen atoms in total. The maximum Gasteiger partial charge on any atom is 0.331 e. The molecule has 0 amide bonds. The van der Waals surface area contributed by atoms with Gasteiger partial charge in [-0.2, -0.15) is 8.42 Å². The Morgan fingerprint density at radius 3 is 2.14 bits per heavy atom. The molecule has 0 saturated carbocycles. The summed E-state index contributed by atoms with van der Waals surface area (Å²) in [5.74, 6) is 0.322. The van der Waals surface area contributed by atoms with Crippen LogP contribution in [0.5, 0.6) is 5.75 Å². The molecule has 0 N–H and O–H groups in total. The third-order valence-electron chi connectivity index (χ3n) is 1.61. The topological polar surface area (TPSA) is 43.4 Å². The van der Waals surface area contributed by atoms with E-state index in [4.69, 9.17) is 4.18 Å². The molecule has 1 aromatic rings. The Balaban J connectivity index is 3.04. The first-order valence-corrected chi connectivity index (χ1v) is 5.55. The summed E-state index contributed by atoms with van der Waals surface area (Å²) in [4.78, 5) is 0. The van der Waals surface area contributed by atoms with Crippen molar-refractivity contribution in [3.8, 4) is 5.75 Å². The number of hydrogen-bond acceptors (Lipinski definition) is 3. The van der Waals surface area contributed by atoms with Crippen LogP contribution >= 0.6 is 0 Å². The summed E-state index contributed by atoms with van der Waals surface area (Å²) in [6.07, 6.45) is 0. The second-order valence-electron chi connectivity index (χ2n) is 3.07. The Hall–Kier alpha value is -1.29. The second-order valence-corrected chi connectivity index (χ2v) is 4.55. The minimum atomic E-state index is -3.64. The van der Waals surface area contributed by atoms with Crippen LogP contribution in [0.25, 0.3) is 0 Å². The van der Waals surface area contributed by atoms with E-state index in [9.17, 15) is 8.42 Å². The summed E-state index contributed by atoms with van der Waals surface area (Å²) in [5.41, 5.74) is 1.92. The van der Waals surface area contributed by atoms with E-state index in [2.05, 4.69) is 6.58 Å². The Labute approximate surface area is 84.1 Å². The van der Waals surface area contributed by atoms with E-state index in [0.29, 0.717) is 5.75 Å². The molecule has 0 spiro atoms. The highest BCUT2D eigenvalue weighted by atomic mass is 32.2. The van der Waals surface area contributed by atoms with Gasteiger partial charge in [0.1, 0.15) is 5.75 Å². The average Bonchev–Trinajstić information content (AvgIpc) is 2.01. The van der Waals surface area contributed by atoms with E-state index >= 15 is 0 Å². The number of aryl methyl sites for hydroxylation is 2. The van der Waals surface area contributed by atoms with E-state index in [1.54, 1.807) is 12.1 Å². The van der Waals surface area contributed by atoms with Crippen molar-refractivity contribution >= 4 is 10.1 Å². The fourth-order valence-electron chi connectivity index (χ4n) is 1.15. The molecule has 0 heterocycles. The first-order valence-electron chi connectivity index (χ1n) is 4.08. The van der Waals surface area contributed by atoms with Gasteiger partial charge in [-0.25, -0.2) is 0 Å². The molecule has 0 aliphatic carbocycles. The summed E-state index contributed by atoms with van der Waals surface area (Å²) in [7, 11) is -3.64. The molecular formula is C10H12O3S. The lowest BCUT2D eigenvalue weighted by Gasteiger charge is -2.05.